The minimum Gasteiger partial charge on any atom is -0.373 e. The molecular formula is C8H10INO. The van der Waals surface area contributed by atoms with Gasteiger partial charge in [-0.15, -0.1) is 0 Å². The van der Waals surface area contributed by atoms with E-state index in [9.17, 15) is 4.79 Å². The van der Waals surface area contributed by atoms with E-state index in [0.29, 0.717) is 11.8 Å². The van der Waals surface area contributed by atoms with Crippen molar-refractivity contribution in [3.8, 4) is 0 Å². The predicted molar refractivity (Wildman–Crippen MR) is 51.5 cm³/mol. The van der Waals surface area contributed by atoms with E-state index < -0.39 is 0 Å². The zero-order valence-electron chi connectivity index (χ0n) is 6.22. The Kier molecular flexibility index (Phi) is 1.91. The summed E-state index contributed by atoms with van der Waals surface area (Å²) in [5.74, 6) is 0.328. The van der Waals surface area contributed by atoms with Crippen molar-refractivity contribution >= 4 is 28.4 Å². The monoisotopic (exact) mass is 263 g/mol. The Morgan fingerprint density at radius 3 is 3.27 bits per heavy atom. The van der Waals surface area contributed by atoms with Crippen molar-refractivity contribution in [1.82, 2.24) is 4.90 Å². The highest BCUT2D eigenvalue weighted by molar-refractivity contribution is 14.1. The van der Waals surface area contributed by atoms with E-state index in [1.54, 1.807) is 0 Å². The van der Waals surface area contributed by atoms with Crippen LogP contribution in [0.5, 0.6) is 0 Å². The summed E-state index contributed by atoms with van der Waals surface area (Å²) in [6.45, 7) is 1.14. The first-order valence-corrected chi connectivity index (χ1v) is 5.01. The molecule has 2 heterocycles. The van der Waals surface area contributed by atoms with Crippen LogP contribution in [-0.4, -0.2) is 23.3 Å². The van der Waals surface area contributed by atoms with Crippen LogP contribution in [0.2, 0.25) is 0 Å². The molecule has 60 valence electrons. The number of ketones is 1. The lowest BCUT2D eigenvalue weighted by Gasteiger charge is -2.26. The molecule has 0 spiro atoms. The fourth-order valence-electron chi connectivity index (χ4n) is 1.78. The van der Waals surface area contributed by atoms with Gasteiger partial charge in [0.05, 0.1) is 3.58 Å². The predicted octanol–water partition coefficient (Wildman–Crippen LogP) is 1.70. The van der Waals surface area contributed by atoms with Gasteiger partial charge in [-0.1, -0.05) is 0 Å². The quantitative estimate of drug-likeness (QED) is 0.620. The summed E-state index contributed by atoms with van der Waals surface area (Å²) in [7, 11) is 0. The molecule has 11 heavy (non-hydrogen) atoms. The number of hydrogen-bond donors (Lipinski definition) is 0. The van der Waals surface area contributed by atoms with Crippen LogP contribution in [0.4, 0.5) is 0 Å². The Morgan fingerprint density at radius 2 is 2.45 bits per heavy atom. The zero-order valence-corrected chi connectivity index (χ0v) is 8.37. The highest BCUT2D eigenvalue weighted by Crippen LogP contribution is 2.28. The maximum absolute atomic E-state index is 11.2. The molecule has 0 aromatic rings. The minimum atomic E-state index is 0.328. The number of Topliss-reactive ketones (excluding diaryl/α,β-unsaturated/α-hetero) is 1. The summed E-state index contributed by atoms with van der Waals surface area (Å²) in [5, 5.41) is 0. The SMILES string of the molecule is O=C1C[C@@H]2CCCN2C=C1I. The molecule has 1 atom stereocenters. The van der Waals surface area contributed by atoms with Crippen LogP contribution in [0.15, 0.2) is 9.78 Å². The molecule has 0 N–H and O–H groups in total. The van der Waals surface area contributed by atoms with Gasteiger partial charge in [-0.05, 0) is 35.4 Å². The van der Waals surface area contributed by atoms with Crippen molar-refractivity contribution in [2.24, 2.45) is 0 Å². The molecule has 0 radical (unpaired) electrons. The van der Waals surface area contributed by atoms with E-state index in [4.69, 9.17) is 0 Å². The lowest BCUT2D eigenvalue weighted by atomic mass is 10.1. The highest BCUT2D eigenvalue weighted by atomic mass is 127. The summed E-state index contributed by atoms with van der Waals surface area (Å²) in [6.07, 6.45) is 5.21. The van der Waals surface area contributed by atoms with Crippen LogP contribution in [0.3, 0.4) is 0 Å². The summed E-state index contributed by atoms with van der Waals surface area (Å²) in [5.41, 5.74) is 0. The zero-order chi connectivity index (χ0) is 7.84. The summed E-state index contributed by atoms with van der Waals surface area (Å²) in [6, 6.07) is 0.529. The number of halogens is 1. The van der Waals surface area contributed by atoms with Crippen LogP contribution in [0.1, 0.15) is 19.3 Å². The standard InChI is InChI=1S/C8H10INO/c9-7-5-10-3-1-2-6(10)4-8(7)11/h5-6H,1-4H2/t6-/m0/s1. The Morgan fingerprint density at radius 1 is 1.64 bits per heavy atom. The van der Waals surface area contributed by atoms with Gasteiger partial charge in [0, 0.05) is 25.2 Å². The lowest BCUT2D eigenvalue weighted by Crippen LogP contribution is -2.31. The second-order valence-corrected chi connectivity index (χ2v) is 4.30. The number of carbonyl (C=O) groups is 1. The van der Waals surface area contributed by atoms with Gasteiger partial charge in [-0.25, -0.2) is 0 Å². The smallest absolute Gasteiger partial charge is 0.172 e. The molecule has 2 rings (SSSR count). The van der Waals surface area contributed by atoms with E-state index in [2.05, 4.69) is 27.5 Å². The second kappa shape index (κ2) is 2.77. The minimum absolute atomic E-state index is 0.328. The average Bonchev–Trinajstić information content (AvgIpc) is 2.36. The number of hydrogen-bond acceptors (Lipinski definition) is 2. The average molecular weight is 263 g/mol. The first kappa shape index (κ1) is 7.58. The number of carbonyl (C=O) groups excluding carboxylic acids is 1. The van der Waals surface area contributed by atoms with Crippen molar-refractivity contribution in [3.05, 3.63) is 9.78 Å². The van der Waals surface area contributed by atoms with Gasteiger partial charge in [0.1, 0.15) is 0 Å². The Balaban J connectivity index is 2.23. The third-order valence-electron chi connectivity index (χ3n) is 2.39. The van der Waals surface area contributed by atoms with Crippen LogP contribution in [0.25, 0.3) is 0 Å². The van der Waals surface area contributed by atoms with Gasteiger partial charge in [-0.2, -0.15) is 0 Å². The van der Waals surface area contributed by atoms with Crippen molar-refractivity contribution in [1.29, 1.82) is 0 Å². The van der Waals surface area contributed by atoms with E-state index in [1.807, 2.05) is 6.20 Å². The third-order valence-corrected chi connectivity index (χ3v) is 3.27. The molecule has 2 aliphatic rings. The molecular weight excluding hydrogens is 253 g/mol. The first-order valence-electron chi connectivity index (χ1n) is 3.93. The van der Waals surface area contributed by atoms with Crippen LogP contribution < -0.4 is 0 Å². The van der Waals surface area contributed by atoms with Gasteiger partial charge >= 0.3 is 0 Å². The molecule has 2 nitrogen and oxygen atoms in total. The topological polar surface area (TPSA) is 20.3 Å². The summed E-state index contributed by atoms with van der Waals surface area (Å²) >= 11 is 2.13. The molecule has 0 bridgehead atoms. The number of allylic oxidation sites excluding steroid dienone is 1. The third kappa shape index (κ3) is 1.30. The Hall–Kier alpha value is -0.0600. The molecule has 0 aliphatic carbocycles. The highest BCUT2D eigenvalue weighted by Gasteiger charge is 2.29. The van der Waals surface area contributed by atoms with E-state index in [0.717, 1.165) is 16.5 Å². The molecule has 2 aliphatic heterocycles. The van der Waals surface area contributed by atoms with E-state index in [-0.39, 0.29) is 0 Å². The summed E-state index contributed by atoms with van der Waals surface area (Å²) < 4.78 is 0.903. The van der Waals surface area contributed by atoms with Gasteiger partial charge in [0.25, 0.3) is 0 Å². The molecule has 1 fully saturated rings. The van der Waals surface area contributed by atoms with Gasteiger partial charge in [0.15, 0.2) is 5.78 Å². The Bertz CT molecular complexity index is 224. The van der Waals surface area contributed by atoms with Crippen LogP contribution in [-0.2, 0) is 4.79 Å². The maximum Gasteiger partial charge on any atom is 0.172 e. The second-order valence-electron chi connectivity index (χ2n) is 3.14. The maximum atomic E-state index is 11.2. The van der Waals surface area contributed by atoms with Gasteiger partial charge in [0.2, 0.25) is 0 Å². The largest absolute Gasteiger partial charge is 0.373 e. The number of rotatable bonds is 0. The van der Waals surface area contributed by atoms with Crippen molar-refractivity contribution in [3.63, 3.8) is 0 Å². The lowest BCUT2D eigenvalue weighted by molar-refractivity contribution is -0.116. The number of nitrogens with zero attached hydrogens (tertiary/aromatic N) is 1. The fourth-order valence-corrected chi connectivity index (χ4v) is 2.35. The van der Waals surface area contributed by atoms with Crippen molar-refractivity contribution in [2.45, 2.75) is 25.3 Å². The van der Waals surface area contributed by atoms with Gasteiger partial charge in [-0.3, -0.25) is 4.79 Å². The van der Waals surface area contributed by atoms with Crippen LogP contribution in [0, 0.1) is 0 Å². The summed E-state index contributed by atoms with van der Waals surface area (Å²) in [4.78, 5) is 13.5. The molecule has 0 saturated carbocycles. The first-order chi connectivity index (χ1) is 5.27. The molecule has 1 saturated heterocycles. The van der Waals surface area contributed by atoms with Crippen molar-refractivity contribution < 1.29 is 4.79 Å². The molecule has 0 aromatic heterocycles. The van der Waals surface area contributed by atoms with Crippen molar-refractivity contribution in [2.75, 3.05) is 6.54 Å². The molecule has 0 aromatic carbocycles. The molecule has 3 heteroatoms. The van der Waals surface area contributed by atoms with Crippen LogP contribution >= 0.6 is 22.6 Å². The molecule has 0 amide bonds. The molecule has 0 unspecified atom stereocenters. The van der Waals surface area contributed by atoms with E-state index >= 15 is 0 Å². The normalized spacial score (nSPS) is 30.3. The number of fused-ring (bicyclic) bond motifs is 1. The van der Waals surface area contributed by atoms with Gasteiger partial charge < -0.3 is 4.90 Å². The van der Waals surface area contributed by atoms with E-state index in [1.165, 1.54) is 12.8 Å². The Labute approximate surface area is 79.8 Å². The fraction of sp³-hybridized carbons (Fsp3) is 0.625.